The summed E-state index contributed by atoms with van der Waals surface area (Å²) < 4.78 is 0. The summed E-state index contributed by atoms with van der Waals surface area (Å²) in [5.74, 6) is 0.970. The minimum absolute atomic E-state index is 0.00940. The van der Waals surface area contributed by atoms with E-state index >= 15 is 0 Å². The van der Waals surface area contributed by atoms with Crippen LogP contribution in [0.5, 0.6) is 0 Å². The number of fused-ring (bicyclic) bond motifs is 1. The summed E-state index contributed by atoms with van der Waals surface area (Å²) >= 11 is 0. The average Bonchev–Trinajstić information content (AvgIpc) is 2.54. The van der Waals surface area contributed by atoms with Gasteiger partial charge >= 0.3 is 0 Å². The Bertz CT molecular complexity index is 314. The second-order valence-electron chi connectivity index (χ2n) is 7.43. The molecule has 3 rings (SSSR count). The Kier molecular flexibility index (Phi) is 4.68. The first-order chi connectivity index (χ1) is 9.78. The van der Waals surface area contributed by atoms with Gasteiger partial charge in [-0.05, 0) is 70.9 Å². The van der Waals surface area contributed by atoms with Crippen LogP contribution in [0.4, 0.5) is 0 Å². The molecule has 4 atom stereocenters. The van der Waals surface area contributed by atoms with Gasteiger partial charge in [0, 0.05) is 17.6 Å². The van der Waals surface area contributed by atoms with Crippen LogP contribution in [-0.2, 0) is 0 Å². The summed E-state index contributed by atoms with van der Waals surface area (Å²) in [6, 6.07) is 1.56. The first kappa shape index (κ1) is 14.8. The highest BCUT2D eigenvalue weighted by Crippen LogP contribution is 2.40. The number of aliphatic hydroxyl groups is 1. The van der Waals surface area contributed by atoms with Crippen LogP contribution >= 0.6 is 0 Å². The van der Waals surface area contributed by atoms with Gasteiger partial charge in [0.05, 0.1) is 6.61 Å². The van der Waals surface area contributed by atoms with Crippen molar-refractivity contribution in [2.45, 2.75) is 81.8 Å². The van der Waals surface area contributed by atoms with Crippen molar-refractivity contribution in [1.82, 2.24) is 10.2 Å². The topological polar surface area (TPSA) is 35.5 Å². The van der Waals surface area contributed by atoms with Gasteiger partial charge in [-0.2, -0.15) is 0 Å². The van der Waals surface area contributed by atoms with Gasteiger partial charge in [0.15, 0.2) is 0 Å². The number of hydrogen-bond donors (Lipinski definition) is 2. The number of likely N-dealkylation sites (N-methyl/N-ethyl adjacent to an activating group) is 1. The molecule has 0 radical (unpaired) electrons. The fraction of sp³-hybridized carbons (Fsp3) is 1.00. The number of likely N-dealkylation sites (tertiary alicyclic amines) is 1. The Morgan fingerprint density at radius 1 is 1.10 bits per heavy atom. The van der Waals surface area contributed by atoms with Gasteiger partial charge < -0.3 is 10.4 Å². The first-order valence-electron chi connectivity index (χ1n) is 8.83. The maximum absolute atomic E-state index is 9.81. The molecule has 1 saturated heterocycles. The highest BCUT2D eigenvalue weighted by atomic mass is 16.3. The molecule has 20 heavy (non-hydrogen) atoms. The van der Waals surface area contributed by atoms with Gasteiger partial charge in [-0.15, -0.1) is 0 Å². The summed E-state index contributed by atoms with van der Waals surface area (Å²) in [4.78, 5) is 2.86. The van der Waals surface area contributed by atoms with E-state index in [4.69, 9.17) is 0 Å². The molecule has 0 aromatic rings. The molecule has 3 fully saturated rings. The molecule has 2 N–H and O–H groups in total. The molecule has 0 bridgehead atoms. The van der Waals surface area contributed by atoms with E-state index < -0.39 is 0 Å². The minimum Gasteiger partial charge on any atom is -0.394 e. The van der Waals surface area contributed by atoms with E-state index in [0.717, 1.165) is 24.8 Å². The lowest BCUT2D eigenvalue weighted by Crippen LogP contribution is -2.58. The second-order valence-corrected chi connectivity index (χ2v) is 7.43. The smallest absolute Gasteiger partial charge is 0.0613 e. The van der Waals surface area contributed by atoms with Crippen molar-refractivity contribution < 1.29 is 5.11 Å². The van der Waals surface area contributed by atoms with Crippen LogP contribution in [0.1, 0.15) is 64.2 Å². The molecule has 0 spiro atoms. The van der Waals surface area contributed by atoms with Gasteiger partial charge in [0.2, 0.25) is 0 Å². The van der Waals surface area contributed by atoms with E-state index in [9.17, 15) is 5.11 Å². The second kappa shape index (κ2) is 6.33. The summed E-state index contributed by atoms with van der Waals surface area (Å²) in [7, 11) is 2.03. The zero-order valence-electron chi connectivity index (χ0n) is 13.1. The van der Waals surface area contributed by atoms with Gasteiger partial charge in [-0.3, -0.25) is 4.90 Å². The molecule has 0 amide bonds. The zero-order chi connectivity index (χ0) is 14.0. The van der Waals surface area contributed by atoms with E-state index in [1.807, 2.05) is 7.05 Å². The molecule has 116 valence electrons. The average molecular weight is 280 g/mol. The highest BCUT2D eigenvalue weighted by Gasteiger charge is 2.41. The summed E-state index contributed by atoms with van der Waals surface area (Å²) in [5.41, 5.74) is -0.00940. The van der Waals surface area contributed by atoms with Crippen molar-refractivity contribution in [1.29, 1.82) is 0 Å². The molecule has 1 heterocycles. The SMILES string of the molecule is CNC1(CO)CCCC(N2CCC[C@H]3CCCC[C@H]32)C1. The van der Waals surface area contributed by atoms with Crippen LogP contribution in [0.25, 0.3) is 0 Å². The molecule has 3 nitrogen and oxygen atoms in total. The third-order valence-corrected chi connectivity index (χ3v) is 6.41. The Labute approximate surface area is 124 Å². The van der Waals surface area contributed by atoms with Gasteiger partial charge in [0.25, 0.3) is 0 Å². The molecule has 2 aliphatic carbocycles. The largest absolute Gasteiger partial charge is 0.394 e. The molecule has 2 saturated carbocycles. The molecule has 0 aromatic heterocycles. The lowest BCUT2D eigenvalue weighted by Gasteiger charge is -2.51. The lowest BCUT2D eigenvalue weighted by molar-refractivity contribution is -0.0113. The van der Waals surface area contributed by atoms with Gasteiger partial charge in [-0.25, -0.2) is 0 Å². The van der Waals surface area contributed by atoms with Crippen LogP contribution in [0.15, 0.2) is 0 Å². The Balaban J connectivity index is 1.70. The summed E-state index contributed by atoms with van der Waals surface area (Å²) in [6.45, 7) is 1.60. The monoisotopic (exact) mass is 280 g/mol. The minimum atomic E-state index is -0.00940. The lowest BCUT2D eigenvalue weighted by atomic mass is 9.74. The number of aliphatic hydroxyl groups excluding tert-OH is 1. The van der Waals surface area contributed by atoms with Crippen molar-refractivity contribution in [3.8, 4) is 0 Å². The van der Waals surface area contributed by atoms with E-state index in [-0.39, 0.29) is 5.54 Å². The Morgan fingerprint density at radius 3 is 2.70 bits per heavy atom. The van der Waals surface area contributed by atoms with Crippen LogP contribution in [0, 0.1) is 5.92 Å². The normalized spacial score (nSPS) is 43.2. The molecule has 1 aliphatic heterocycles. The molecule has 0 aromatic carbocycles. The van der Waals surface area contributed by atoms with Crippen molar-refractivity contribution >= 4 is 0 Å². The molecular weight excluding hydrogens is 248 g/mol. The van der Waals surface area contributed by atoms with Crippen molar-refractivity contribution in [3.63, 3.8) is 0 Å². The fourth-order valence-electron chi connectivity index (χ4n) is 5.18. The van der Waals surface area contributed by atoms with Crippen LogP contribution in [-0.4, -0.2) is 47.8 Å². The maximum Gasteiger partial charge on any atom is 0.0613 e. The number of nitrogens with zero attached hydrogens (tertiary/aromatic N) is 1. The van der Waals surface area contributed by atoms with E-state index in [1.165, 1.54) is 57.9 Å². The quantitative estimate of drug-likeness (QED) is 0.834. The standard InChI is InChI=1S/C17H32N2O/c1-18-17(13-20)10-4-8-15(12-17)19-11-5-7-14-6-2-3-9-16(14)19/h14-16,18,20H,2-13H2,1H3/t14-,15?,16-,17?/m1/s1. The number of nitrogens with one attached hydrogen (secondary N) is 1. The summed E-state index contributed by atoms with van der Waals surface area (Å²) in [5, 5.41) is 13.2. The summed E-state index contributed by atoms with van der Waals surface area (Å²) in [6.07, 6.45) is 13.5. The Hall–Kier alpha value is -0.120. The number of hydrogen-bond acceptors (Lipinski definition) is 3. The van der Waals surface area contributed by atoms with Crippen molar-refractivity contribution in [3.05, 3.63) is 0 Å². The fourth-order valence-corrected chi connectivity index (χ4v) is 5.18. The third-order valence-electron chi connectivity index (χ3n) is 6.41. The van der Waals surface area contributed by atoms with Crippen molar-refractivity contribution in [2.24, 2.45) is 5.92 Å². The van der Waals surface area contributed by atoms with Gasteiger partial charge in [0.1, 0.15) is 0 Å². The molecule has 2 unspecified atom stereocenters. The van der Waals surface area contributed by atoms with E-state index in [1.54, 1.807) is 0 Å². The predicted molar refractivity (Wildman–Crippen MR) is 82.8 cm³/mol. The molecule has 3 aliphatic rings. The molecule has 3 heteroatoms. The third kappa shape index (κ3) is 2.77. The Morgan fingerprint density at radius 2 is 1.90 bits per heavy atom. The first-order valence-corrected chi connectivity index (χ1v) is 8.83. The molecular formula is C17H32N2O. The van der Waals surface area contributed by atoms with Crippen LogP contribution in [0.3, 0.4) is 0 Å². The van der Waals surface area contributed by atoms with Crippen LogP contribution < -0.4 is 5.32 Å². The number of piperidine rings is 1. The van der Waals surface area contributed by atoms with Gasteiger partial charge in [-0.1, -0.05) is 12.8 Å². The number of rotatable bonds is 3. The highest BCUT2D eigenvalue weighted by molar-refractivity contribution is 4.99. The zero-order valence-corrected chi connectivity index (χ0v) is 13.1. The van der Waals surface area contributed by atoms with E-state index in [2.05, 4.69) is 10.2 Å². The van der Waals surface area contributed by atoms with Crippen LogP contribution in [0.2, 0.25) is 0 Å². The van der Waals surface area contributed by atoms with Crippen molar-refractivity contribution in [2.75, 3.05) is 20.2 Å². The predicted octanol–water partition coefficient (Wildman–Crippen LogP) is 2.53. The van der Waals surface area contributed by atoms with E-state index in [0.29, 0.717) is 12.6 Å². The maximum atomic E-state index is 9.81.